The fourth-order valence-electron chi connectivity index (χ4n) is 1.80. The standard InChI is InChI=1S/C12H11N5O/c1-8-2-4-9(5-3-8)6-10-7-13-12-14-15-16-17(12)11(10)18/h2-5,7H,6H2,1H3,(H,13,14,16). The summed E-state index contributed by atoms with van der Waals surface area (Å²) in [5.74, 6) is 0.285. The van der Waals surface area contributed by atoms with E-state index in [1.165, 1.54) is 10.1 Å². The topological polar surface area (TPSA) is 75.9 Å². The average molecular weight is 241 g/mol. The predicted octanol–water partition coefficient (Wildman–Crippen LogP) is 0.712. The lowest BCUT2D eigenvalue weighted by molar-refractivity contribution is 0.791. The Labute approximate surface area is 102 Å². The molecule has 6 nitrogen and oxygen atoms in total. The first-order chi connectivity index (χ1) is 8.74. The van der Waals surface area contributed by atoms with Crippen LogP contribution in [0.2, 0.25) is 0 Å². The summed E-state index contributed by atoms with van der Waals surface area (Å²) in [6.07, 6.45) is 2.11. The van der Waals surface area contributed by atoms with E-state index in [0.717, 1.165) is 5.56 Å². The van der Waals surface area contributed by atoms with Crippen LogP contribution in [0.4, 0.5) is 0 Å². The van der Waals surface area contributed by atoms with Crippen LogP contribution in [-0.4, -0.2) is 25.0 Å². The minimum atomic E-state index is -0.162. The van der Waals surface area contributed by atoms with Gasteiger partial charge >= 0.3 is 0 Å². The van der Waals surface area contributed by atoms with Gasteiger partial charge in [0.05, 0.1) is 0 Å². The van der Waals surface area contributed by atoms with Crippen molar-refractivity contribution < 1.29 is 0 Å². The molecule has 1 aromatic carbocycles. The van der Waals surface area contributed by atoms with Gasteiger partial charge in [0.1, 0.15) is 0 Å². The Morgan fingerprint density at radius 3 is 2.83 bits per heavy atom. The van der Waals surface area contributed by atoms with Crippen molar-refractivity contribution in [2.45, 2.75) is 13.3 Å². The van der Waals surface area contributed by atoms with Gasteiger partial charge in [-0.25, -0.2) is 4.98 Å². The fourth-order valence-corrected chi connectivity index (χ4v) is 1.80. The molecule has 0 radical (unpaired) electrons. The van der Waals surface area contributed by atoms with Gasteiger partial charge in [0.2, 0.25) is 0 Å². The summed E-state index contributed by atoms with van der Waals surface area (Å²) in [6, 6.07) is 8.07. The molecular weight excluding hydrogens is 230 g/mol. The Morgan fingerprint density at radius 1 is 1.28 bits per heavy atom. The fraction of sp³-hybridized carbons (Fsp3) is 0.167. The van der Waals surface area contributed by atoms with Crippen LogP contribution >= 0.6 is 0 Å². The molecule has 0 fully saturated rings. The molecule has 3 rings (SSSR count). The van der Waals surface area contributed by atoms with Gasteiger partial charge in [-0.05, 0) is 17.7 Å². The Hall–Kier alpha value is -2.50. The van der Waals surface area contributed by atoms with Crippen LogP contribution in [0.5, 0.6) is 0 Å². The minimum Gasteiger partial charge on any atom is -0.267 e. The molecule has 0 saturated heterocycles. The molecule has 1 N–H and O–H groups in total. The van der Waals surface area contributed by atoms with E-state index in [1.54, 1.807) is 6.20 Å². The zero-order valence-electron chi connectivity index (χ0n) is 9.79. The maximum Gasteiger partial charge on any atom is 0.278 e. The number of hydrogen-bond acceptors (Lipinski definition) is 4. The Bertz CT molecular complexity index is 741. The highest BCUT2D eigenvalue weighted by atomic mass is 16.1. The number of aryl methyl sites for hydroxylation is 1. The van der Waals surface area contributed by atoms with Crippen molar-refractivity contribution >= 4 is 5.78 Å². The number of benzene rings is 1. The Morgan fingerprint density at radius 2 is 2.06 bits per heavy atom. The molecule has 0 atom stereocenters. The molecule has 0 aliphatic heterocycles. The van der Waals surface area contributed by atoms with E-state index in [9.17, 15) is 4.79 Å². The highest BCUT2D eigenvalue weighted by molar-refractivity contribution is 5.29. The van der Waals surface area contributed by atoms with Gasteiger partial charge in [-0.2, -0.15) is 9.73 Å². The van der Waals surface area contributed by atoms with Crippen LogP contribution in [-0.2, 0) is 6.42 Å². The second kappa shape index (κ2) is 4.06. The van der Waals surface area contributed by atoms with Crippen molar-refractivity contribution in [1.82, 2.24) is 25.0 Å². The molecule has 6 heteroatoms. The van der Waals surface area contributed by atoms with Gasteiger partial charge in [0, 0.05) is 18.2 Å². The second-order valence-electron chi connectivity index (χ2n) is 4.19. The summed E-state index contributed by atoms with van der Waals surface area (Å²) < 4.78 is 1.24. The number of aromatic amines is 1. The van der Waals surface area contributed by atoms with Crippen molar-refractivity contribution in [2.24, 2.45) is 0 Å². The number of rotatable bonds is 2. The molecule has 0 bridgehead atoms. The van der Waals surface area contributed by atoms with Crippen LogP contribution in [0.1, 0.15) is 16.7 Å². The lowest BCUT2D eigenvalue weighted by atomic mass is 10.1. The summed E-state index contributed by atoms with van der Waals surface area (Å²) in [6.45, 7) is 2.03. The van der Waals surface area contributed by atoms with Crippen LogP contribution in [0, 0.1) is 6.92 Å². The molecule has 18 heavy (non-hydrogen) atoms. The summed E-state index contributed by atoms with van der Waals surface area (Å²) in [5, 5.41) is 9.74. The number of H-pyrrole nitrogens is 1. The predicted molar refractivity (Wildman–Crippen MR) is 65.4 cm³/mol. The van der Waals surface area contributed by atoms with E-state index in [2.05, 4.69) is 20.5 Å². The molecule has 2 aromatic heterocycles. The Kier molecular flexibility index (Phi) is 2.40. The first-order valence-electron chi connectivity index (χ1n) is 5.57. The molecule has 0 amide bonds. The number of fused-ring (bicyclic) bond motifs is 1. The first kappa shape index (κ1) is 10.6. The van der Waals surface area contributed by atoms with Crippen molar-refractivity contribution in [3.8, 4) is 0 Å². The zero-order chi connectivity index (χ0) is 12.5. The third-order valence-corrected chi connectivity index (χ3v) is 2.81. The average Bonchev–Trinajstić information content (AvgIpc) is 2.84. The molecule has 0 spiro atoms. The lowest BCUT2D eigenvalue weighted by Gasteiger charge is -2.01. The number of nitrogens with one attached hydrogen (secondary N) is 1. The largest absolute Gasteiger partial charge is 0.278 e. The monoisotopic (exact) mass is 241 g/mol. The van der Waals surface area contributed by atoms with Gasteiger partial charge in [0.15, 0.2) is 0 Å². The maximum absolute atomic E-state index is 12.1. The summed E-state index contributed by atoms with van der Waals surface area (Å²) in [5.41, 5.74) is 2.72. The first-order valence-corrected chi connectivity index (χ1v) is 5.57. The number of aromatic nitrogens is 5. The number of hydrogen-bond donors (Lipinski definition) is 1. The normalized spacial score (nSPS) is 10.9. The smallest absolute Gasteiger partial charge is 0.267 e. The van der Waals surface area contributed by atoms with E-state index >= 15 is 0 Å². The van der Waals surface area contributed by atoms with E-state index < -0.39 is 0 Å². The molecule has 0 unspecified atom stereocenters. The third kappa shape index (κ3) is 1.77. The lowest BCUT2D eigenvalue weighted by Crippen LogP contribution is -2.20. The summed E-state index contributed by atoms with van der Waals surface area (Å²) in [7, 11) is 0. The molecular formula is C12H11N5O. The SMILES string of the molecule is Cc1ccc(Cc2cnc3nn[nH]n3c2=O)cc1. The van der Waals surface area contributed by atoms with Crippen molar-refractivity contribution in [1.29, 1.82) is 0 Å². The molecule has 0 aliphatic carbocycles. The second-order valence-corrected chi connectivity index (χ2v) is 4.19. The van der Waals surface area contributed by atoms with Gasteiger partial charge in [0.25, 0.3) is 11.3 Å². The molecule has 90 valence electrons. The minimum absolute atomic E-state index is 0.162. The Balaban J connectivity index is 2.02. The van der Waals surface area contributed by atoms with Gasteiger partial charge < -0.3 is 0 Å². The van der Waals surface area contributed by atoms with Crippen LogP contribution in [0.3, 0.4) is 0 Å². The molecule has 2 heterocycles. The quantitative estimate of drug-likeness (QED) is 0.717. The summed E-state index contributed by atoms with van der Waals surface area (Å²) >= 11 is 0. The highest BCUT2D eigenvalue weighted by Gasteiger charge is 2.07. The van der Waals surface area contributed by atoms with E-state index in [0.29, 0.717) is 12.0 Å². The van der Waals surface area contributed by atoms with Crippen molar-refractivity contribution in [2.75, 3.05) is 0 Å². The van der Waals surface area contributed by atoms with Gasteiger partial charge in [-0.1, -0.05) is 34.9 Å². The van der Waals surface area contributed by atoms with Crippen LogP contribution in [0.15, 0.2) is 35.3 Å². The maximum atomic E-state index is 12.1. The summed E-state index contributed by atoms with van der Waals surface area (Å²) in [4.78, 5) is 16.1. The van der Waals surface area contributed by atoms with E-state index in [4.69, 9.17) is 0 Å². The van der Waals surface area contributed by atoms with Gasteiger partial charge in [-0.3, -0.25) is 4.79 Å². The van der Waals surface area contributed by atoms with Gasteiger partial charge in [-0.15, -0.1) is 0 Å². The number of tetrazole rings is 1. The van der Waals surface area contributed by atoms with Crippen molar-refractivity contribution in [3.63, 3.8) is 0 Å². The van der Waals surface area contributed by atoms with E-state index in [-0.39, 0.29) is 11.3 Å². The van der Waals surface area contributed by atoms with Crippen molar-refractivity contribution in [3.05, 3.63) is 57.5 Å². The van der Waals surface area contributed by atoms with Crippen LogP contribution < -0.4 is 5.56 Å². The molecule has 0 saturated carbocycles. The molecule has 0 aliphatic rings. The zero-order valence-corrected chi connectivity index (χ0v) is 9.79. The third-order valence-electron chi connectivity index (χ3n) is 2.81. The highest BCUT2D eigenvalue weighted by Crippen LogP contribution is 2.07. The number of nitrogens with zero attached hydrogens (tertiary/aromatic N) is 4. The van der Waals surface area contributed by atoms with Crippen LogP contribution in [0.25, 0.3) is 5.78 Å². The molecule has 3 aromatic rings. The van der Waals surface area contributed by atoms with E-state index in [1.807, 2.05) is 31.2 Å².